The number of aromatic nitrogens is 3. The van der Waals surface area contributed by atoms with Crippen molar-refractivity contribution in [1.82, 2.24) is 20.0 Å². The van der Waals surface area contributed by atoms with E-state index >= 15 is 0 Å². The topological polar surface area (TPSA) is 73.0 Å². The molecule has 120 valence electrons. The van der Waals surface area contributed by atoms with Crippen LogP contribution in [0, 0.1) is 6.92 Å². The fraction of sp³-hybridized carbons (Fsp3) is 0.353. The summed E-state index contributed by atoms with van der Waals surface area (Å²) in [5.74, 6) is 0.627. The first-order chi connectivity index (χ1) is 11.0. The summed E-state index contributed by atoms with van der Waals surface area (Å²) in [6.45, 7) is 7.89. The van der Waals surface area contributed by atoms with Gasteiger partial charge in [-0.25, -0.2) is 4.98 Å². The maximum absolute atomic E-state index is 12.4. The molecule has 6 heteroatoms. The molecule has 0 radical (unpaired) electrons. The molecule has 0 aliphatic rings. The number of carbonyl (C=O) groups excluding carboxylic acids is 1. The molecule has 6 nitrogen and oxygen atoms in total. The summed E-state index contributed by atoms with van der Waals surface area (Å²) >= 11 is 0. The van der Waals surface area contributed by atoms with E-state index < -0.39 is 0 Å². The van der Waals surface area contributed by atoms with Crippen LogP contribution < -0.4 is 5.32 Å². The Labute approximate surface area is 134 Å². The minimum atomic E-state index is -0.230. The van der Waals surface area contributed by atoms with Gasteiger partial charge in [0.25, 0.3) is 5.91 Å². The van der Waals surface area contributed by atoms with Gasteiger partial charge in [0.2, 0.25) is 0 Å². The fourth-order valence-electron chi connectivity index (χ4n) is 2.76. The van der Waals surface area contributed by atoms with Gasteiger partial charge in [-0.2, -0.15) is 0 Å². The van der Waals surface area contributed by atoms with Gasteiger partial charge in [0, 0.05) is 6.04 Å². The molecule has 2 heterocycles. The first-order valence-electron chi connectivity index (χ1n) is 7.67. The smallest absolute Gasteiger partial charge is 0.257 e. The lowest BCUT2D eigenvalue weighted by Gasteiger charge is -2.18. The average Bonchev–Trinajstić information content (AvgIpc) is 3.10. The Balaban J connectivity index is 1.95. The van der Waals surface area contributed by atoms with E-state index in [4.69, 9.17) is 9.51 Å². The van der Waals surface area contributed by atoms with Crippen molar-refractivity contribution in [1.29, 1.82) is 0 Å². The largest absolute Gasteiger partial charge is 0.364 e. The molecule has 0 aliphatic carbocycles. The Hall–Kier alpha value is -2.63. The fourth-order valence-corrected chi connectivity index (χ4v) is 2.76. The molecule has 1 unspecified atom stereocenters. The van der Waals surface area contributed by atoms with Gasteiger partial charge in [-0.15, -0.1) is 0 Å². The molecule has 1 N–H and O–H groups in total. The zero-order valence-corrected chi connectivity index (χ0v) is 13.7. The zero-order valence-electron chi connectivity index (χ0n) is 13.7. The number of hydrogen-bond donors (Lipinski definition) is 1. The van der Waals surface area contributed by atoms with Crippen molar-refractivity contribution in [2.24, 2.45) is 0 Å². The van der Waals surface area contributed by atoms with Gasteiger partial charge in [-0.3, -0.25) is 4.79 Å². The Morgan fingerprint density at radius 2 is 2.00 bits per heavy atom. The number of imidazole rings is 1. The van der Waals surface area contributed by atoms with Crippen LogP contribution >= 0.6 is 0 Å². The summed E-state index contributed by atoms with van der Waals surface area (Å²) in [6, 6.07) is 8.01. The summed E-state index contributed by atoms with van der Waals surface area (Å²) in [7, 11) is 0. The van der Waals surface area contributed by atoms with Gasteiger partial charge in [0.15, 0.2) is 0 Å². The lowest BCUT2D eigenvalue weighted by atomic mass is 10.2. The molecule has 1 amide bonds. The van der Waals surface area contributed by atoms with Crippen LogP contribution in [-0.2, 0) is 0 Å². The maximum Gasteiger partial charge on any atom is 0.257 e. The molecule has 23 heavy (non-hydrogen) atoms. The second-order valence-electron chi connectivity index (χ2n) is 5.93. The molecule has 3 aromatic rings. The van der Waals surface area contributed by atoms with Crippen LogP contribution in [0.1, 0.15) is 54.7 Å². The number of carbonyl (C=O) groups is 1. The van der Waals surface area contributed by atoms with Crippen LogP contribution in [0.4, 0.5) is 0 Å². The van der Waals surface area contributed by atoms with Crippen LogP contribution in [0.15, 0.2) is 35.1 Å². The van der Waals surface area contributed by atoms with Crippen LogP contribution in [0.2, 0.25) is 0 Å². The average molecular weight is 312 g/mol. The number of aryl methyl sites for hydroxylation is 1. The van der Waals surface area contributed by atoms with Crippen molar-refractivity contribution in [3.8, 4) is 0 Å². The minimum Gasteiger partial charge on any atom is -0.364 e. The van der Waals surface area contributed by atoms with Crippen molar-refractivity contribution >= 4 is 16.9 Å². The summed E-state index contributed by atoms with van der Waals surface area (Å²) < 4.78 is 6.99. The third-order valence-corrected chi connectivity index (χ3v) is 3.87. The summed E-state index contributed by atoms with van der Waals surface area (Å²) in [5.41, 5.74) is 3.02. The maximum atomic E-state index is 12.4. The number of benzene rings is 1. The van der Waals surface area contributed by atoms with E-state index in [-0.39, 0.29) is 18.0 Å². The van der Waals surface area contributed by atoms with Crippen molar-refractivity contribution in [2.45, 2.75) is 39.8 Å². The van der Waals surface area contributed by atoms with E-state index in [9.17, 15) is 4.79 Å². The highest BCUT2D eigenvalue weighted by molar-refractivity contribution is 5.95. The Morgan fingerprint density at radius 1 is 1.26 bits per heavy atom. The minimum absolute atomic E-state index is 0.210. The van der Waals surface area contributed by atoms with Crippen molar-refractivity contribution in [3.63, 3.8) is 0 Å². The monoisotopic (exact) mass is 312 g/mol. The van der Waals surface area contributed by atoms with Gasteiger partial charge >= 0.3 is 0 Å². The van der Waals surface area contributed by atoms with Crippen molar-refractivity contribution in [3.05, 3.63) is 47.6 Å². The van der Waals surface area contributed by atoms with Crippen molar-refractivity contribution < 1.29 is 9.32 Å². The third-order valence-electron chi connectivity index (χ3n) is 3.87. The molecule has 0 saturated carbocycles. The summed E-state index contributed by atoms with van der Waals surface area (Å²) in [5, 5.41) is 6.71. The van der Waals surface area contributed by atoms with Gasteiger partial charge < -0.3 is 14.4 Å². The molecule has 2 aromatic heterocycles. The molecule has 1 aromatic carbocycles. The van der Waals surface area contributed by atoms with Gasteiger partial charge in [-0.1, -0.05) is 17.3 Å². The lowest BCUT2D eigenvalue weighted by Crippen LogP contribution is -2.29. The predicted molar refractivity (Wildman–Crippen MR) is 87.2 cm³/mol. The molecule has 0 aliphatic heterocycles. The normalized spacial score (nSPS) is 12.7. The van der Waals surface area contributed by atoms with Crippen LogP contribution in [0.3, 0.4) is 0 Å². The highest BCUT2D eigenvalue weighted by atomic mass is 16.5. The number of hydrogen-bond acceptors (Lipinski definition) is 4. The summed E-state index contributed by atoms with van der Waals surface area (Å²) in [6.07, 6.45) is 1.36. The second-order valence-corrected chi connectivity index (χ2v) is 5.93. The first-order valence-corrected chi connectivity index (χ1v) is 7.67. The van der Waals surface area contributed by atoms with Crippen molar-refractivity contribution in [2.75, 3.05) is 0 Å². The first kappa shape index (κ1) is 15.3. The number of amides is 1. The SMILES string of the molecule is Cc1nocc1C(=O)NC(C)c1nc2ccccc2n1C(C)C. The Bertz CT molecular complexity index is 847. The van der Waals surface area contributed by atoms with E-state index in [1.54, 1.807) is 6.92 Å². The number of nitrogens with zero attached hydrogens (tertiary/aromatic N) is 3. The van der Waals surface area contributed by atoms with Crippen LogP contribution in [0.25, 0.3) is 11.0 Å². The van der Waals surface area contributed by atoms with E-state index in [0.29, 0.717) is 11.3 Å². The number of nitrogens with one attached hydrogen (secondary N) is 1. The third kappa shape index (κ3) is 2.72. The van der Waals surface area contributed by atoms with E-state index in [0.717, 1.165) is 16.9 Å². The van der Waals surface area contributed by atoms with Gasteiger partial charge in [0.05, 0.1) is 22.8 Å². The Morgan fingerprint density at radius 3 is 2.65 bits per heavy atom. The highest BCUT2D eigenvalue weighted by Crippen LogP contribution is 2.25. The number of fused-ring (bicyclic) bond motifs is 1. The van der Waals surface area contributed by atoms with E-state index in [2.05, 4.69) is 28.9 Å². The summed E-state index contributed by atoms with van der Waals surface area (Å²) in [4.78, 5) is 17.1. The second kappa shape index (κ2) is 5.87. The van der Waals surface area contributed by atoms with Crippen LogP contribution in [0.5, 0.6) is 0 Å². The van der Waals surface area contributed by atoms with E-state index in [1.165, 1.54) is 6.26 Å². The quantitative estimate of drug-likeness (QED) is 0.801. The predicted octanol–water partition coefficient (Wildman–Crippen LogP) is 3.40. The number of rotatable bonds is 4. The standard InChI is InChI=1S/C17H20N4O2/c1-10(2)21-15-8-6-5-7-14(15)19-16(21)12(4)18-17(22)13-9-23-20-11(13)3/h5-10,12H,1-4H3,(H,18,22). The molecule has 0 saturated heterocycles. The lowest BCUT2D eigenvalue weighted by molar-refractivity contribution is 0.0936. The zero-order chi connectivity index (χ0) is 16.6. The molecular weight excluding hydrogens is 292 g/mol. The Kier molecular flexibility index (Phi) is 3.90. The van der Waals surface area contributed by atoms with E-state index in [1.807, 2.05) is 31.2 Å². The molecule has 3 rings (SSSR count). The molecule has 0 spiro atoms. The van der Waals surface area contributed by atoms with Gasteiger partial charge in [-0.05, 0) is 39.8 Å². The van der Waals surface area contributed by atoms with Gasteiger partial charge in [0.1, 0.15) is 17.7 Å². The molecule has 0 bridgehead atoms. The molecular formula is C17H20N4O2. The molecule has 0 fully saturated rings. The number of para-hydroxylation sites is 2. The highest BCUT2D eigenvalue weighted by Gasteiger charge is 2.21. The van der Waals surface area contributed by atoms with Crippen LogP contribution in [-0.4, -0.2) is 20.6 Å². The molecule has 1 atom stereocenters.